The summed E-state index contributed by atoms with van der Waals surface area (Å²) in [7, 11) is 3.25. The first-order valence-electron chi connectivity index (χ1n) is 10.6. The molecule has 0 radical (unpaired) electrons. The Morgan fingerprint density at radius 2 is 1.69 bits per heavy atom. The molecule has 9 heteroatoms. The second-order valence-corrected chi connectivity index (χ2v) is 7.56. The molecule has 1 aliphatic heterocycles. The number of aromatic amines is 1. The average molecular weight is 437 g/mol. The summed E-state index contributed by atoms with van der Waals surface area (Å²) in [6.45, 7) is 3.83. The molecule has 1 saturated heterocycles. The van der Waals surface area contributed by atoms with E-state index in [4.69, 9.17) is 14.2 Å². The lowest BCUT2D eigenvalue weighted by Crippen LogP contribution is -2.34. The summed E-state index contributed by atoms with van der Waals surface area (Å²) in [5.74, 6) is 3.77. The Labute approximate surface area is 187 Å². The van der Waals surface area contributed by atoms with Crippen LogP contribution in [0.4, 0.5) is 11.6 Å². The molecule has 0 saturated carbocycles. The zero-order valence-corrected chi connectivity index (χ0v) is 18.5. The van der Waals surface area contributed by atoms with Crippen LogP contribution < -0.4 is 24.8 Å². The summed E-state index contributed by atoms with van der Waals surface area (Å²) in [6.07, 6.45) is 5.77. The van der Waals surface area contributed by atoms with E-state index >= 15 is 0 Å². The number of aryl methyl sites for hydroxylation is 1. The van der Waals surface area contributed by atoms with Gasteiger partial charge in [0.25, 0.3) is 0 Å². The molecule has 3 aromatic rings. The molecular weight excluding hydrogens is 408 g/mol. The smallest absolute Gasteiger partial charge is 0.219 e. The first kappa shape index (κ1) is 21.6. The van der Waals surface area contributed by atoms with E-state index in [1.165, 1.54) is 0 Å². The Hall–Kier alpha value is -3.59. The topological polar surface area (TPSA) is 106 Å². The normalized spacial score (nSPS) is 14.5. The van der Waals surface area contributed by atoms with Crippen LogP contribution >= 0.6 is 0 Å². The average Bonchev–Trinajstić information content (AvgIpc) is 3.22. The summed E-state index contributed by atoms with van der Waals surface area (Å²) >= 11 is 0. The van der Waals surface area contributed by atoms with Crippen molar-refractivity contribution in [2.75, 3.05) is 32.6 Å². The second kappa shape index (κ2) is 10.1. The molecule has 4 rings (SSSR count). The first-order chi connectivity index (χ1) is 15.6. The number of nitrogens with zero attached hydrogens (tertiary/aromatic N) is 3. The molecule has 1 aliphatic rings. The summed E-state index contributed by atoms with van der Waals surface area (Å²) in [5, 5.41) is 13.7. The van der Waals surface area contributed by atoms with Crippen LogP contribution in [0.2, 0.25) is 0 Å². The van der Waals surface area contributed by atoms with Crippen molar-refractivity contribution in [1.29, 1.82) is 0 Å². The van der Waals surface area contributed by atoms with Crippen LogP contribution in [0.5, 0.6) is 17.4 Å². The number of hydrogen-bond donors (Lipinski definition) is 3. The third-order valence-corrected chi connectivity index (χ3v) is 5.05. The predicted octanol–water partition coefficient (Wildman–Crippen LogP) is 3.57. The van der Waals surface area contributed by atoms with E-state index in [2.05, 4.69) is 30.8 Å². The maximum atomic E-state index is 6.17. The quantitative estimate of drug-likeness (QED) is 0.492. The number of rotatable bonds is 8. The van der Waals surface area contributed by atoms with Crippen LogP contribution in [0.1, 0.15) is 29.9 Å². The maximum absolute atomic E-state index is 6.17. The molecule has 0 aliphatic carbocycles. The number of H-pyrrole nitrogens is 1. The van der Waals surface area contributed by atoms with Crippen LogP contribution in [0.25, 0.3) is 12.2 Å². The summed E-state index contributed by atoms with van der Waals surface area (Å²) < 4.78 is 16.9. The Morgan fingerprint density at radius 1 is 0.938 bits per heavy atom. The third kappa shape index (κ3) is 5.76. The standard InChI is InChI=1S/C23H28N6O3/c1-15-10-22(29-28-15)26-21-14-23(32-17-6-8-24-9-7-17)27-20(25-21)5-4-16-11-18(30-2)13-19(12-16)31-3/h4-5,10-14,17,24H,6-9H2,1-3H3,(H2,25,26,27,28,29)/b5-4+. The monoisotopic (exact) mass is 436 g/mol. The van der Waals surface area contributed by atoms with Crippen LogP contribution in [-0.4, -0.2) is 53.6 Å². The molecule has 1 fully saturated rings. The largest absolute Gasteiger partial charge is 0.497 e. The Kier molecular flexibility index (Phi) is 6.86. The zero-order chi connectivity index (χ0) is 22.3. The molecule has 168 valence electrons. The number of methoxy groups -OCH3 is 2. The van der Waals surface area contributed by atoms with E-state index in [0.29, 0.717) is 34.8 Å². The number of hydrogen-bond acceptors (Lipinski definition) is 8. The highest BCUT2D eigenvalue weighted by atomic mass is 16.5. The van der Waals surface area contributed by atoms with E-state index in [1.807, 2.05) is 43.3 Å². The fraction of sp³-hybridized carbons (Fsp3) is 0.348. The first-order valence-corrected chi connectivity index (χ1v) is 10.6. The van der Waals surface area contributed by atoms with Crippen LogP contribution in [0.3, 0.4) is 0 Å². The van der Waals surface area contributed by atoms with Crippen molar-refractivity contribution in [3.63, 3.8) is 0 Å². The van der Waals surface area contributed by atoms with Crippen molar-refractivity contribution in [2.45, 2.75) is 25.9 Å². The fourth-order valence-corrected chi connectivity index (χ4v) is 3.44. The number of ether oxygens (including phenoxy) is 3. The van der Waals surface area contributed by atoms with E-state index < -0.39 is 0 Å². The Morgan fingerprint density at radius 3 is 2.34 bits per heavy atom. The fourth-order valence-electron chi connectivity index (χ4n) is 3.44. The summed E-state index contributed by atoms with van der Waals surface area (Å²) in [6, 6.07) is 9.38. The van der Waals surface area contributed by atoms with Gasteiger partial charge in [0, 0.05) is 23.9 Å². The summed E-state index contributed by atoms with van der Waals surface area (Å²) in [4.78, 5) is 9.22. The van der Waals surface area contributed by atoms with Crippen molar-refractivity contribution >= 4 is 23.8 Å². The lowest BCUT2D eigenvalue weighted by molar-refractivity contribution is 0.155. The number of piperidine rings is 1. The predicted molar refractivity (Wildman–Crippen MR) is 124 cm³/mol. The number of aromatic nitrogens is 4. The van der Waals surface area contributed by atoms with E-state index in [1.54, 1.807) is 20.3 Å². The van der Waals surface area contributed by atoms with Crippen molar-refractivity contribution in [2.24, 2.45) is 0 Å². The zero-order valence-electron chi connectivity index (χ0n) is 18.5. The molecule has 9 nitrogen and oxygen atoms in total. The third-order valence-electron chi connectivity index (χ3n) is 5.05. The van der Waals surface area contributed by atoms with Gasteiger partial charge in [-0.2, -0.15) is 10.1 Å². The maximum Gasteiger partial charge on any atom is 0.219 e. The molecule has 3 heterocycles. The van der Waals surface area contributed by atoms with Crippen molar-refractivity contribution in [3.05, 3.63) is 47.4 Å². The molecule has 2 aromatic heterocycles. The van der Waals surface area contributed by atoms with Crippen molar-refractivity contribution < 1.29 is 14.2 Å². The SMILES string of the molecule is COc1cc(/C=C/c2nc(Nc3cc(C)[nH]n3)cc(OC3CCNCC3)n2)cc(OC)c1. The minimum atomic E-state index is 0.131. The van der Waals surface area contributed by atoms with E-state index in [-0.39, 0.29) is 6.10 Å². The van der Waals surface area contributed by atoms with Crippen molar-refractivity contribution in [3.8, 4) is 17.4 Å². The molecule has 32 heavy (non-hydrogen) atoms. The molecular formula is C23H28N6O3. The van der Waals surface area contributed by atoms with Gasteiger partial charge in [0.15, 0.2) is 11.6 Å². The van der Waals surface area contributed by atoms with Gasteiger partial charge in [0.2, 0.25) is 5.88 Å². The van der Waals surface area contributed by atoms with Gasteiger partial charge in [-0.25, -0.2) is 4.98 Å². The number of nitrogens with one attached hydrogen (secondary N) is 3. The lowest BCUT2D eigenvalue weighted by Gasteiger charge is -2.23. The van der Waals surface area contributed by atoms with Gasteiger partial charge < -0.3 is 24.8 Å². The molecule has 0 unspecified atom stereocenters. The van der Waals surface area contributed by atoms with Gasteiger partial charge in [0.1, 0.15) is 23.4 Å². The molecule has 0 atom stereocenters. The Bertz CT molecular complexity index is 1050. The minimum Gasteiger partial charge on any atom is -0.497 e. The molecule has 0 bridgehead atoms. The molecule has 0 amide bonds. The second-order valence-electron chi connectivity index (χ2n) is 7.56. The van der Waals surface area contributed by atoms with E-state index in [0.717, 1.165) is 37.2 Å². The van der Waals surface area contributed by atoms with E-state index in [9.17, 15) is 0 Å². The number of anilines is 2. The highest BCUT2D eigenvalue weighted by Crippen LogP contribution is 2.25. The summed E-state index contributed by atoms with van der Waals surface area (Å²) in [5.41, 5.74) is 1.87. The van der Waals surface area contributed by atoms with Gasteiger partial charge in [-0.1, -0.05) is 6.08 Å². The van der Waals surface area contributed by atoms with Crippen LogP contribution in [0, 0.1) is 6.92 Å². The van der Waals surface area contributed by atoms with Crippen molar-refractivity contribution in [1.82, 2.24) is 25.5 Å². The van der Waals surface area contributed by atoms with Gasteiger partial charge in [0.05, 0.1) is 14.2 Å². The highest BCUT2D eigenvalue weighted by molar-refractivity contribution is 5.69. The number of benzene rings is 1. The molecule has 3 N–H and O–H groups in total. The van der Waals surface area contributed by atoms with Gasteiger partial charge in [-0.15, -0.1) is 0 Å². The Balaban J connectivity index is 1.61. The van der Waals surface area contributed by atoms with Gasteiger partial charge >= 0.3 is 0 Å². The minimum absolute atomic E-state index is 0.131. The lowest BCUT2D eigenvalue weighted by atomic mass is 10.1. The molecule has 1 aromatic carbocycles. The molecule has 0 spiro atoms. The van der Waals surface area contributed by atoms with Gasteiger partial charge in [-0.05, 0) is 56.6 Å². The van der Waals surface area contributed by atoms with Crippen LogP contribution in [0.15, 0.2) is 30.3 Å². The highest BCUT2D eigenvalue weighted by Gasteiger charge is 2.16. The van der Waals surface area contributed by atoms with Crippen LogP contribution in [-0.2, 0) is 0 Å². The van der Waals surface area contributed by atoms with Gasteiger partial charge in [-0.3, -0.25) is 5.10 Å².